The van der Waals surface area contributed by atoms with Gasteiger partial charge in [0, 0.05) is 23.6 Å². The van der Waals surface area contributed by atoms with Crippen LogP contribution in [-0.4, -0.2) is 25.5 Å². The predicted molar refractivity (Wildman–Crippen MR) is 115 cm³/mol. The second kappa shape index (κ2) is 8.14. The molecule has 0 saturated heterocycles. The third-order valence-corrected chi connectivity index (χ3v) is 6.23. The van der Waals surface area contributed by atoms with Crippen LogP contribution in [0.4, 0.5) is 5.13 Å². The molecule has 0 aliphatic heterocycles. The van der Waals surface area contributed by atoms with Crippen LogP contribution in [0.15, 0.2) is 57.8 Å². The molecule has 9 heteroatoms. The van der Waals surface area contributed by atoms with Crippen molar-refractivity contribution in [3.8, 4) is 0 Å². The minimum absolute atomic E-state index is 0.113. The van der Waals surface area contributed by atoms with E-state index in [4.69, 9.17) is 0 Å². The summed E-state index contributed by atoms with van der Waals surface area (Å²) in [4.78, 5) is 29.1. The van der Waals surface area contributed by atoms with Gasteiger partial charge in [-0.15, -0.1) is 10.2 Å². The average Bonchev–Trinajstić information content (AvgIpc) is 3.15. The molecule has 0 aliphatic carbocycles. The number of pyridine rings is 1. The SMILES string of the molecule is Cc1ccc(C(=O)Nc2nnc(SCc3cc(=O)n4cccc(C)c4n3)s2)cc1. The molecule has 1 N–H and O–H groups in total. The normalized spacial score (nSPS) is 11.0. The fourth-order valence-corrected chi connectivity index (χ4v) is 4.35. The number of nitrogens with one attached hydrogen (secondary N) is 1. The zero-order chi connectivity index (χ0) is 20.4. The van der Waals surface area contributed by atoms with Crippen LogP contribution >= 0.6 is 23.1 Å². The lowest BCUT2D eigenvalue weighted by atomic mass is 10.1. The molecule has 29 heavy (non-hydrogen) atoms. The molecule has 1 amide bonds. The zero-order valence-corrected chi connectivity index (χ0v) is 17.4. The molecule has 0 saturated carbocycles. The van der Waals surface area contributed by atoms with Gasteiger partial charge >= 0.3 is 0 Å². The number of hydrogen-bond acceptors (Lipinski definition) is 7. The van der Waals surface area contributed by atoms with Crippen LogP contribution in [0.5, 0.6) is 0 Å². The zero-order valence-electron chi connectivity index (χ0n) is 15.7. The van der Waals surface area contributed by atoms with Crippen LogP contribution in [0.3, 0.4) is 0 Å². The summed E-state index contributed by atoms with van der Waals surface area (Å²) in [6, 6.07) is 12.6. The van der Waals surface area contributed by atoms with Gasteiger partial charge in [0.2, 0.25) is 5.13 Å². The number of fused-ring (bicyclic) bond motifs is 1. The first-order valence-electron chi connectivity index (χ1n) is 8.82. The van der Waals surface area contributed by atoms with E-state index in [1.165, 1.54) is 33.6 Å². The maximum atomic E-state index is 12.3. The molecule has 0 unspecified atom stereocenters. The highest BCUT2D eigenvalue weighted by molar-refractivity contribution is 8.00. The number of rotatable bonds is 5. The lowest BCUT2D eigenvalue weighted by molar-refractivity contribution is 0.102. The Labute approximate surface area is 174 Å². The number of nitrogens with zero attached hydrogens (tertiary/aromatic N) is 4. The topological polar surface area (TPSA) is 89.2 Å². The molecule has 4 rings (SSSR count). The standard InChI is InChI=1S/C20H17N5O2S2/c1-12-5-7-14(8-6-12)18(27)22-19-23-24-20(29-19)28-11-15-10-16(26)25-9-3-4-13(2)17(25)21-15/h3-10H,11H2,1-2H3,(H,22,23,27). The van der Waals surface area contributed by atoms with Crippen LogP contribution in [-0.2, 0) is 5.75 Å². The molecule has 0 radical (unpaired) electrons. The predicted octanol–water partition coefficient (Wildman–Crippen LogP) is 3.71. The number of thioether (sulfide) groups is 1. The van der Waals surface area contributed by atoms with Gasteiger partial charge in [0.15, 0.2) is 4.34 Å². The number of aromatic nitrogens is 4. The van der Waals surface area contributed by atoms with Gasteiger partial charge in [-0.1, -0.05) is 46.9 Å². The molecule has 0 fully saturated rings. The van der Waals surface area contributed by atoms with E-state index in [2.05, 4.69) is 20.5 Å². The average molecular weight is 424 g/mol. The number of anilines is 1. The Morgan fingerprint density at radius 3 is 2.76 bits per heavy atom. The Hall–Kier alpha value is -3.04. The van der Waals surface area contributed by atoms with Crippen molar-refractivity contribution in [2.75, 3.05) is 5.32 Å². The molecule has 0 aliphatic rings. The molecular formula is C20H17N5O2S2. The number of carbonyl (C=O) groups excluding carboxylic acids is 1. The molecule has 146 valence electrons. The highest BCUT2D eigenvalue weighted by Gasteiger charge is 2.12. The van der Waals surface area contributed by atoms with Crippen molar-refractivity contribution in [3.05, 3.63) is 81.4 Å². The third kappa shape index (κ3) is 4.36. The Morgan fingerprint density at radius 1 is 1.17 bits per heavy atom. The van der Waals surface area contributed by atoms with E-state index in [0.29, 0.717) is 32.1 Å². The monoisotopic (exact) mass is 423 g/mol. The van der Waals surface area contributed by atoms with E-state index in [1.807, 2.05) is 38.1 Å². The molecule has 4 aromatic rings. The smallest absolute Gasteiger partial charge is 0.258 e. The fourth-order valence-electron chi connectivity index (χ4n) is 2.71. The first-order chi connectivity index (χ1) is 14.0. The molecule has 7 nitrogen and oxygen atoms in total. The summed E-state index contributed by atoms with van der Waals surface area (Å²) in [6.07, 6.45) is 1.71. The minimum atomic E-state index is -0.225. The van der Waals surface area contributed by atoms with Gasteiger partial charge in [0.1, 0.15) is 5.65 Å². The van der Waals surface area contributed by atoms with Gasteiger partial charge in [-0.25, -0.2) is 4.98 Å². The van der Waals surface area contributed by atoms with Gasteiger partial charge in [-0.05, 0) is 37.6 Å². The summed E-state index contributed by atoms with van der Waals surface area (Å²) < 4.78 is 2.23. The van der Waals surface area contributed by atoms with E-state index in [0.717, 1.165) is 11.1 Å². The fraction of sp³-hybridized carbons (Fsp3) is 0.150. The van der Waals surface area contributed by atoms with Crippen LogP contribution < -0.4 is 10.9 Å². The third-order valence-electron chi connectivity index (χ3n) is 4.22. The molecule has 0 bridgehead atoms. The first kappa shape index (κ1) is 19.3. The highest BCUT2D eigenvalue weighted by atomic mass is 32.2. The highest BCUT2D eigenvalue weighted by Crippen LogP contribution is 2.28. The molecule has 0 atom stereocenters. The maximum absolute atomic E-state index is 12.3. The number of benzene rings is 1. The van der Waals surface area contributed by atoms with Crippen LogP contribution in [0.2, 0.25) is 0 Å². The molecule has 3 heterocycles. The van der Waals surface area contributed by atoms with Gasteiger partial charge in [-0.3, -0.25) is 19.3 Å². The van der Waals surface area contributed by atoms with Gasteiger partial charge in [0.05, 0.1) is 5.69 Å². The van der Waals surface area contributed by atoms with Crippen LogP contribution in [0.25, 0.3) is 5.65 Å². The van der Waals surface area contributed by atoms with E-state index in [-0.39, 0.29) is 11.5 Å². The van der Waals surface area contributed by atoms with Gasteiger partial charge < -0.3 is 0 Å². The summed E-state index contributed by atoms with van der Waals surface area (Å²) in [5.74, 6) is 0.262. The molecule has 0 spiro atoms. The number of aryl methyl sites for hydroxylation is 2. The van der Waals surface area contributed by atoms with Crippen molar-refractivity contribution in [1.29, 1.82) is 0 Å². The Morgan fingerprint density at radius 2 is 1.97 bits per heavy atom. The Balaban J connectivity index is 1.44. The second-order valence-electron chi connectivity index (χ2n) is 6.45. The van der Waals surface area contributed by atoms with Crippen molar-refractivity contribution in [1.82, 2.24) is 19.6 Å². The lowest BCUT2D eigenvalue weighted by Gasteiger charge is -2.05. The summed E-state index contributed by atoms with van der Waals surface area (Å²) >= 11 is 2.71. The summed E-state index contributed by atoms with van der Waals surface area (Å²) in [6.45, 7) is 3.89. The second-order valence-corrected chi connectivity index (χ2v) is 8.65. The summed E-state index contributed by atoms with van der Waals surface area (Å²) in [7, 11) is 0. The summed E-state index contributed by atoms with van der Waals surface area (Å²) in [5, 5.41) is 11.3. The maximum Gasteiger partial charge on any atom is 0.258 e. The van der Waals surface area contributed by atoms with E-state index >= 15 is 0 Å². The lowest BCUT2D eigenvalue weighted by Crippen LogP contribution is -2.15. The van der Waals surface area contributed by atoms with E-state index < -0.39 is 0 Å². The van der Waals surface area contributed by atoms with Crippen molar-refractivity contribution < 1.29 is 4.79 Å². The van der Waals surface area contributed by atoms with Crippen LogP contribution in [0, 0.1) is 13.8 Å². The largest absolute Gasteiger partial charge is 0.296 e. The van der Waals surface area contributed by atoms with Crippen molar-refractivity contribution in [3.63, 3.8) is 0 Å². The minimum Gasteiger partial charge on any atom is -0.296 e. The summed E-state index contributed by atoms with van der Waals surface area (Å²) in [5.41, 5.74) is 3.81. The van der Waals surface area contributed by atoms with Gasteiger partial charge in [-0.2, -0.15) is 0 Å². The molecule has 3 aromatic heterocycles. The van der Waals surface area contributed by atoms with Crippen molar-refractivity contribution in [2.45, 2.75) is 23.9 Å². The van der Waals surface area contributed by atoms with Crippen molar-refractivity contribution in [2.24, 2.45) is 0 Å². The van der Waals surface area contributed by atoms with Crippen molar-refractivity contribution >= 4 is 39.8 Å². The van der Waals surface area contributed by atoms with Gasteiger partial charge in [0.25, 0.3) is 11.5 Å². The van der Waals surface area contributed by atoms with E-state index in [9.17, 15) is 9.59 Å². The Bertz CT molecular complexity index is 1250. The molecule has 1 aromatic carbocycles. The number of amides is 1. The first-order valence-corrected chi connectivity index (χ1v) is 10.6. The number of hydrogen-bond donors (Lipinski definition) is 1. The number of carbonyl (C=O) groups is 1. The van der Waals surface area contributed by atoms with E-state index in [1.54, 1.807) is 18.3 Å². The quantitative estimate of drug-likeness (QED) is 0.389. The van der Waals surface area contributed by atoms with Crippen LogP contribution in [0.1, 0.15) is 27.2 Å². The Kier molecular flexibility index (Phi) is 5.41. The molecular weight excluding hydrogens is 406 g/mol.